The van der Waals surface area contributed by atoms with Crippen molar-refractivity contribution >= 4 is 5.91 Å². The lowest BCUT2D eigenvalue weighted by Crippen LogP contribution is -2.27. The minimum Gasteiger partial charge on any atom is -0.351 e. The topological polar surface area (TPSA) is 29.1 Å². The van der Waals surface area contributed by atoms with Crippen molar-refractivity contribution in [1.82, 2.24) is 5.32 Å². The number of carbonyl (C=O) groups excluding carboxylic acids is 1. The number of hydrogen-bond acceptors (Lipinski definition) is 1. The van der Waals surface area contributed by atoms with Crippen molar-refractivity contribution in [2.45, 2.75) is 6.92 Å². The molecule has 2 nitrogen and oxygen atoms in total. The Morgan fingerprint density at radius 3 is 2.71 bits per heavy atom. The molecule has 1 aromatic rings. The van der Waals surface area contributed by atoms with Crippen LogP contribution in [0.5, 0.6) is 0 Å². The van der Waals surface area contributed by atoms with Crippen LogP contribution in [0.3, 0.4) is 0 Å². The molecule has 0 aliphatic carbocycles. The summed E-state index contributed by atoms with van der Waals surface area (Å²) in [6, 6.07) is 9.20. The van der Waals surface area contributed by atoms with Gasteiger partial charge in [-0.3, -0.25) is 4.79 Å². The smallest absolute Gasteiger partial charge is 0.251 e. The molecular formula is C12H15NO. The van der Waals surface area contributed by atoms with Crippen LogP contribution in [0.25, 0.3) is 0 Å². The number of nitrogens with one attached hydrogen (secondary N) is 1. The molecule has 0 radical (unpaired) electrons. The van der Waals surface area contributed by atoms with Crippen LogP contribution in [0, 0.1) is 5.92 Å². The van der Waals surface area contributed by atoms with E-state index in [0.717, 1.165) is 0 Å². The highest BCUT2D eigenvalue weighted by atomic mass is 16.1. The highest BCUT2D eigenvalue weighted by molar-refractivity contribution is 5.94. The first-order valence-corrected chi connectivity index (χ1v) is 4.70. The molecule has 1 aromatic carbocycles. The summed E-state index contributed by atoms with van der Waals surface area (Å²) in [5, 5.41) is 2.84. The number of rotatable bonds is 4. The van der Waals surface area contributed by atoms with E-state index in [9.17, 15) is 4.79 Å². The summed E-state index contributed by atoms with van der Waals surface area (Å²) in [4.78, 5) is 11.5. The van der Waals surface area contributed by atoms with Gasteiger partial charge in [-0.25, -0.2) is 0 Å². The van der Waals surface area contributed by atoms with Gasteiger partial charge in [0, 0.05) is 12.1 Å². The first kappa shape index (κ1) is 10.5. The van der Waals surface area contributed by atoms with E-state index < -0.39 is 0 Å². The van der Waals surface area contributed by atoms with Crippen molar-refractivity contribution < 1.29 is 4.79 Å². The molecule has 14 heavy (non-hydrogen) atoms. The maximum atomic E-state index is 11.5. The minimum absolute atomic E-state index is 0.0284. The summed E-state index contributed by atoms with van der Waals surface area (Å²) in [7, 11) is 0. The summed E-state index contributed by atoms with van der Waals surface area (Å²) < 4.78 is 0. The van der Waals surface area contributed by atoms with Gasteiger partial charge >= 0.3 is 0 Å². The van der Waals surface area contributed by atoms with E-state index in [4.69, 9.17) is 0 Å². The SMILES string of the molecule is C=C[C@H](C)CNC(=O)c1ccccc1. The van der Waals surface area contributed by atoms with Gasteiger partial charge in [0.15, 0.2) is 0 Å². The maximum Gasteiger partial charge on any atom is 0.251 e. The van der Waals surface area contributed by atoms with Gasteiger partial charge in [0.2, 0.25) is 0 Å². The summed E-state index contributed by atoms with van der Waals surface area (Å²) in [6.07, 6.45) is 1.82. The Balaban J connectivity index is 2.47. The van der Waals surface area contributed by atoms with Crippen LogP contribution < -0.4 is 5.32 Å². The van der Waals surface area contributed by atoms with Gasteiger partial charge in [0.1, 0.15) is 0 Å². The van der Waals surface area contributed by atoms with Crippen LogP contribution >= 0.6 is 0 Å². The van der Waals surface area contributed by atoms with Crippen molar-refractivity contribution in [2.24, 2.45) is 5.92 Å². The summed E-state index contributed by atoms with van der Waals surface area (Å²) >= 11 is 0. The van der Waals surface area contributed by atoms with E-state index in [1.807, 2.05) is 31.2 Å². The lowest BCUT2D eigenvalue weighted by atomic mass is 10.1. The third-order valence-electron chi connectivity index (χ3n) is 2.02. The van der Waals surface area contributed by atoms with Crippen LogP contribution in [0.4, 0.5) is 0 Å². The fraction of sp³-hybridized carbons (Fsp3) is 0.250. The van der Waals surface area contributed by atoms with Crippen LogP contribution in [-0.2, 0) is 0 Å². The third-order valence-corrected chi connectivity index (χ3v) is 2.02. The zero-order valence-electron chi connectivity index (χ0n) is 8.36. The quantitative estimate of drug-likeness (QED) is 0.723. The van der Waals surface area contributed by atoms with Crippen LogP contribution in [-0.4, -0.2) is 12.5 Å². The Bertz CT molecular complexity index is 305. The van der Waals surface area contributed by atoms with E-state index in [-0.39, 0.29) is 5.91 Å². The zero-order valence-corrected chi connectivity index (χ0v) is 8.36. The second-order valence-electron chi connectivity index (χ2n) is 3.29. The van der Waals surface area contributed by atoms with E-state index in [1.165, 1.54) is 0 Å². The molecule has 0 saturated heterocycles. The largest absolute Gasteiger partial charge is 0.351 e. The van der Waals surface area contributed by atoms with E-state index in [1.54, 1.807) is 12.1 Å². The number of carbonyl (C=O) groups is 1. The highest BCUT2D eigenvalue weighted by Gasteiger charge is 2.04. The Morgan fingerprint density at radius 2 is 2.14 bits per heavy atom. The van der Waals surface area contributed by atoms with E-state index in [0.29, 0.717) is 18.0 Å². The van der Waals surface area contributed by atoms with Crippen molar-refractivity contribution in [1.29, 1.82) is 0 Å². The molecule has 1 N–H and O–H groups in total. The molecule has 2 heteroatoms. The predicted octanol–water partition coefficient (Wildman–Crippen LogP) is 2.24. The van der Waals surface area contributed by atoms with Gasteiger partial charge in [-0.05, 0) is 18.1 Å². The van der Waals surface area contributed by atoms with Crippen molar-refractivity contribution in [2.75, 3.05) is 6.54 Å². The molecule has 0 spiro atoms. The van der Waals surface area contributed by atoms with Crippen LogP contribution in [0.2, 0.25) is 0 Å². The molecule has 1 rings (SSSR count). The summed E-state index contributed by atoms with van der Waals surface area (Å²) in [5.74, 6) is 0.280. The van der Waals surface area contributed by atoms with E-state index in [2.05, 4.69) is 11.9 Å². The zero-order chi connectivity index (χ0) is 10.4. The third kappa shape index (κ3) is 3.05. The average Bonchev–Trinajstić information content (AvgIpc) is 2.26. The van der Waals surface area contributed by atoms with Gasteiger partial charge in [0.05, 0.1) is 0 Å². The van der Waals surface area contributed by atoms with Crippen molar-refractivity contribution in [3.8, 4) is 0 Å². The minimum atomic E-state index is -0.0284. The van der Waals surface area contributed by atoms with Crippen molar-refractivity contribution in [3.63, 3.8) is 0 Å². The Kier molecular flexibility index (Phi) is 3.92. The molecule has 0 unspecified atom stereocenters. The number of hydrogen-bond donors (Lipinski definition) is 1. The molecule has 74 valence electrons. The molecule has 1 atom stereocenters. The summed E-state index contributed by atoms with van der Waals surface area (Å²) in [5.41, 5.74) is 0.698. The molecule has 0 aliphatic heterocycles. The van der Waals surface area contributed by atoms with Gasteiger partial charge in [0.25, 0.3) is 5.91 Å². The fourth-order valence-electron chi connectivity index (χ4n) is 1.03. The summed E-state index contributed by atoms with van der Waals surface area (Å²) in [6.45, 7) is 6.31. The van der Waals surface area contributed by atoms with Gasteiger partial charge in [-0.1, -0.05) is 31.2 Å². The second kappa shape index (κ2) is 5.22. The van der Waals surface area contributed by atoms with Crippen LogP contribution in [0.1, 0.15) is 17.3 Å². The standard InChI is InChI=1S/C12H15NO/c1-3-10(2)9-13-12(14)11-7-5-4-6-8-11/h3-8,10H,1,9H2,2H3,(H,13,14)/t10-/m0/s1. The second-order valence-corrected chi connectivity index (χ2v) is 3.29. The Morgan fingerprint density at radius 1 is 1.50 bits per heavy atom. The molecule has 0 bridgehead atoms. The highest BCUT2D eigenvalue weighted by Crippen LogP contribution is 1.99. The number of amides is 1. The van der Waals surface area contributed by atoms with Gasteiger partial charge in [-0.15, -0.1) is 6.58 Å². The average molecular weight is 189 g/mol. The first-order valence-electron chi connectivity index (χ1n) is 4.70. The van der Waals surface area contributed by atoms with Crippen molar-refractivity contribution in [3.05, 3.63) is 48.6 Å². The lowest BCUT2D eigenvalue weighted by Gasteiger charge is -2.07. The molecular weight excluding hydrogens is 174 g/mol. The molecule has 0 aromatic heterocycles. The van der Waals surface area contributed by atoms with Gasteiger partial charge in [-0.2, -0.15) is 0 Å². The van der Waals surface area contributed by atoms with Crippen LogP contribution in [0.15, 0.2) is 43.0 Å². The Labute approximate surface area is 84.6 Å². The normalized spacial score (nSPS) is 11.8. The first-order chi connectivity index (χ1) is 6.74. The number of benzene rings is 1. The molecule has 0 fully saturated rings. The fourth-order valence-corrected chi connectivity index (χ4v) is 1.03. The monoisotopic (exact) mass is 189 g/mol. The lowest BCUT2D eigenvalue weighted by molar-refractivity contribution is 0.0950. The molecule has 0 saturated carbocycles. The molecule has 0 aliphatic rings. The molecule has 0 heterocycles. The van der Waals surface area contributed by atoms with Gasteiger partial charge < -0.3 is 5.32 Å². The molecule has 1 amide bonds. The maximum absolute atomic E-state index is 11.5. The predicted molar refractivity (Wildman–Crippen MR) is 58.1 cm³/mol. The Hall–Kier alpha value is -1.57. The van der Waals surface area contributed by atoms with E-state index >= 15 is 0 Å².